The van der Waals surface area contributed by atoms with Crippen molar-refractivity contribution in [2.75, 3.05) is 31.1 Å². The Morgan fingerprint density at radius 1 is 0.968 bits per heavy atom. The quantitative estimate of drug-likeness (QED) is 0.660. The number of likely N-dealkylation sites (tertiary alicyclic amines) is 1. The summed E-state index contributed by atoms with van der Waals surface area (Å²) < 4.78 is 0. The molecular formula is C24H30N2O5. The third-order valence-corrected chi connectivity index (χ3v) is 5.22. The third-order valence-electron chi connectivity index (χ3n) is 5.22. The van der Waals surface area contributed by atoms with Gasteiger partial charge in [-0.2, -0.15) is 0 Å². The maximum atomic E-state index is 12.4. The van der Waals surface area contributed by atoms with Crippen molar-refractivity contribution < 1.29 is 24.6 Å². The van der Waals surface area contributed by atoms with Crippen LogP contribution in [0.4, 0.5) is 5.69 Å². The van der Waals surface area contributed by atoms with Crippen molar-refractivity contribution in [3.8, 4) is 0 Å². The zero-order valence-electron chi connectivity index (χ0n) is 17.8. The summed E-state index contributed by atoms with van der Waals surface area (Å²) in [5.41, 5.74) is 2.43. The molecule has 1 saturated heterocycles. The van der Waals surface area contributed by atoms with Gasteiger partial charge in [0.1, 0.15) is 0 Å². The molecule has 31 heavy (non-hydrogen) atoms. The first-order chi connectivity index (χ1) is 14.9. The lowest BCUT2D eigenvalue weighted by atomic mass is 10.1. The smallest absolute Gasteiger partial charge is 0.414 e. The number of rotatable bonds is 7. The Kier molecular flexibility index (Phi) is 9.71. The van der Waals surface area contributed by atoms with Crippen LogP contribution < -0.4 is 4.90 Å². The molecule has 166 valence electrons. The van der Waals surface area contributed by atoms with Gasteiger partial charge in [-0.1, -0.05) is 55.5 Å². The number of carbonyl (C=O) groups is 3. The summed E-state index contributed by atoms with van der Waals surface area (Å²) in [6.45, 7) is 6.11. The van der Waals surface area contributed by atoms with Gasteiger partial charge in [-0.15, -0.1) is 0 Å². The molecule has 1 heterocycles. The van der Waals surface area contributed by atoms with Gasteiger partial charge in [0.2, 0.25) is 5.91 Å². The summed E-state index contributed by atoms with van der Waals surface area (Å²) in [5, 5.41) is 14.8. The number of amides is 1. The van der Waals surface area contributed by atoms with Crippen molar-refractivity contribution in [3.63, 3.8) is 0 Å². The summed E-state index contributed by atoms with van der Waals surface area (Å²) in [4.78, 5) is 35.1. The Hall–Kier alpha value is -3.19. The molecule has 0 spiro atoms. The van der Waals surface area contributed by atoms with Crippen LogP contribution in [-0.2, 0) is 20.8 Å². The molecule has 2 aromatic rings. The van der Waals surface area contributed by atoms with Crippen molar-refractivity contribution in [2.24, 2.45) is 5.92 Å². The van der Waals surface area contributed by atoms with Crippen molar-refractivity contribution in [1.82, 2.24) is 4.90 Å². The molecule has 0 aromatic heterocycles. The molecule has 1 aliphatic rings. The Morgan fingerprint density at radius 3 is 2.10 bits per heavy atom. The standard InChI is InChI=1S/C22H28N2O.C2H2O4/c1-2-22(25)24(21-11-7-4-8-12-21)18-20-14-16-23(17-20)15-13-19-9-5-3-6-10-19;3-1(4)2(5)6/h3-12,20H,2,13-18H2,1H3;(H,3,4)(H,5,6). The van der Waals surface area contributed by atoms with Gasteiger partial charge < -0.3 is 20.0 Å². The van der Waals surface area contributed by atoms with E-state index in [-0.39, 0.29) is 5.91 Å². The first kappa shape index (κ1) is 24.1. The lowest BCUT2D eigenvalue weighted by molar-refractivity contribution is -0.159. The zero-order chi connectivity index (χ0) is 22.6. The fourth-order valence-electron chi connectivity index (χ4n) is 3.61. The van der Waals surface area contributed by atoms with Gasteiger partial charge in [0.05, 0.1) is 0 Å². The van der Waals surface area contributed by atoms with Crippen molar-refractivity contribution >= 4 is 23.5 Å². The molecule has 0 bridgehead atoms. The fraction of sp³-hybridized carbons (Fsp3) is 0.375. The molecular weight excluding hydrogens is 396 g/mol. The van der Waals surface area contributed by atoms with Crippen LogP contribution in [0.15, 0.2) is 60.7 Å². The van der Waals surface area contributed by atoms with Crippen LogP contribution in [0, 0.1) is 5.92 Å². The maximum absolute atomic E-state index is 12.4. The number of nitrogens with zero attached hydrogens (tertiary/aromatic N) is 2. The molecule has 7 nitrogen and oxygen atoms in total. The van der Waals surface area contributed by atoms with Gasteiger partial charge >= 0.3 is 11.9 Å². The SMILES string of the molecule is CCC(=O)N(CC1CCN(CCc2ccccc2)C1)c1ccccc1.O=C(O)C(=O)O. The summed E-state index contributed by atoms with van der Waals surface area (Å²) in [6.07, 6.45) is 2.83. The lowest BCUT2D eigenvalue weighted by Gasteiger charge is -2.26. The molecule has 3 rings (SSSR count). The number of hydrogen-bond acceptors (Lipinski definition) is 4. The minimum atomic E-state index is -1.82. The van der Waals surface area contributed by atoms with Gasteiger partial charge in [0, 0.05) is 31.7 Å². The molecule has 0 saturated carbocycles. The fourth-order valence-corrected chi connectivity index (χ4v) is 3.61. The Balaban J connectivity index is 0.000000501. The van der Waals surface area contributed by atoms with E-state index in [1.54, 1.807) is 0 Å². The van der Waals surface area contributed by atoms with E-state index in [2.05, 4.69) is 35.2 Å². The molecule has 1 unspecified atom stereocenters. The van der Waals surface area contributed by atoms with Crippen molar-refractivity contribution in [1.29, 1.82) is 0 Å². The highest BCUT2D eigenvalue weighted by molar-refractivity contribution is 6.27. The van der Waals surface area contributed by atoms with Gasteiger partial charge in [0.25, 0.3) is 0 Å². The Morgan fingerprint density at radius 2 is 1.55 bits per heavy atom. The predicted octanol–water partition coefficient (Wildman–Crippen LogP) is 3.15. The number of aliphatic carboxylic acids is 2. The maximum Gasteiger partial charge on any atom is 0.414 e. The van der Waals surface area contributed by atoms with E-state index in [0.29, 0.717) is 12.3 Å². The normalized spacial score (nSPS) is 15.6. The van der Waals surface area contributed by atoms with Crippen LogP contribution in [0.2, 0.25) is 0 Å². The van der Waals surface area contributed by atoms with Gasteiger partial charge in [-0.3, -0.25) is 4.79 Å². The van der Waals surface area contributed by atoms with E-state index in [0.717, 1.165) is 38.3 Å². The number of carboxylic acids is 2. The molecule has 7 heteroatoms. The number of carboxylic acid groups (broad SMARTS) is 2. The van der Waals surface area contributed by atoms with E-state index < -0.39 is 11.9 Å². The van der Waals surface area contributed by atoms with E-state index in [1.807, 2.05) is 42.2 Å². The first-order valence-electron chi connectivity index (χ1n) is 10.5. The highest BCUT2D eigenvalue weighted by Gasteiger charge is 2.26. The van der Waals surface area contributed by atoms with Gasteiger partial charge in [-0.25, -0.2) is 9.59 Å². The second kappa shape index (κ2) is 12.5. The predicted molar refractivity (Wildman–Crippen MR) is 119 cm³/mol. The second-order valence-corrected chi connectivity index (χ2v) is 7.49. The molecule has 1 atom stereocenters. The second-order valence-electron chi connectivity index (χ2n) is 7.49. The average Bonchev–Trinajstić information content (AvgIpc) is 3.25. The summed E-state index contributed by atoms with van der Waals surface area (Å²) in [5.74, 6) is -2.87. The number of hydrogen-bond donors (Lipinski definition) is 2. The molecule has 0 aliphatic carbocycles. The number of anilines is 1. The minimum absolute atomic E-state index is 0.217. The van der Waals surface area contributed by atoms with Crippen LogP contribution >= 0.6 is 0 Å². The van der Waals surface area contributed by atoms with Crippen LogP contribution in [0.25, 0.3) is 0 Å². The van der Waals surface area contributed by atoms with Crippen LogP contribution in [-0.4, -0.2) is 59.1 Å². The average molecular weight is 427 g/mol. The van der Waals surface area contributed by atoms with E-state index in [4.69, 9.17) is 19.8 Å². The third kappa shape index (κ3) is 8.22. The largest absolute Gasteiger partial charge is 0.473 e. The first-order valence-corrected chi connectivity index (χ1v) is 10.5. The van der Waals surface area contributed by atoms with E-state index in [9.17, 15) is 4.79 Å². The molecule has 1 aliphatic heterocycles. The number of benzene rings is 2. The van der Waals surface area contributed by atoms with Crippen molar-refractivity contribution in [2.45, 2.75) is 26.2 Å². The summed E-state index contributed by atoms with van der Waals surface area (Å²) in [6, 6.07) is 20.8. The van der Waals surface area contributed by atoms with Gasteiger partial charge in [0.15, 0.2) is 0 Å². The van der Waals surface area contributed by atoms with Crippen LogP contribution in [0.3, 0.4) is 0 Å². The van der Waals surface area contributed by atoms with Crippen LogP contribution in [0.1, 0.15) is 25.3 Å². The topological polar surface area (TPSA) is 98.2 Å². The molecule has 1 amide bonds. The van der Waals surface area contributed by atoms with E-state index >= 15 is 0 Å². The van der Waals surface area contributed by atoms with E-state index in [1.165, 1.54) is 12.0 Å². The van der Waals surface area contributed by atoms with Gasteiger partial charge in [-0.05, 0) is 43.0 Å². The summed E-state index contributed by atoms with van der Waals surface area (Å²) >= 11 is 0. The Labute approximate surface area is 182 Å². The highest BCUT2D eigenvalue weighted by atomic mass is 16.4. The number of para-hydroxylation sites is 1. The monoisotopic (exact) mass is 426 g/mol. The lowest BCUT2D eigenvalue weighted by Crippen LogP contribution is -2.36. The molecule has 1 fully saturated rings. The van der Waals surface area contributed by atoms with Crippen LogP contribution in [0.5, 0.6) is 0 Å². The molecule has 2 aromatic carbocycles. The molecule has 2 N–H and O–H groups in total. The Bertz CT molecular complexity index is 830. The van der Waals surface area contributed by atoms with Crippen molar-refractivity contribution in [3.05, 3.63) is 66.2 Å². The summed E-state index contributed by atoms with van der Waals surface area (Å²) in [7, 11) is 0. The minimum Gasteiger partial charge on any atom is -0.473 e. The molecule has 0 radical (unpaired) electrons. The highest BCUT2D eigenvalue weighted by Crippen LogP contribution is 2.22. The zero-order valence-corrected chi connectivity index (χ0v) is 17.8. The number of carbonyl (C=O) groups excluding carboxylic acids is 1.